The molecule has 7 nitrogen and oxygen atoms in total. The van der Waals surface area contributed by atoms with E-state index in [0.717, 1.165) is 30.6 Å². The molecular formula is C21H27N3O4S2. The number of hydrogen-bond acceptors (Lipinski definition) is 5. The van der Waals surface area contributed by atoms with Crippen molar-refractivity contribution in [1.82, 2.24) is 9.62 Å². The second-order valence-electron chi connectivity index (χ2n) is 7.36. The number of sulfonamides is 1. The molecule has 0 bridgehead atoms. The van der Waals surface area contributed by atoms with Crippen LogP contribution in [0.4, 0.5) is 5.69 Å². The third kappa shape index (κ3) is 5.90. The van der Waals surface area contributed by atoms with Gasteiger partial charge < -0.3 is 10.6 Å². The summed E-state index contributed by atoms with van der Waals surface area (Å²) >= 11 is 1.47. The number of rotatable bonds is 7. The van der Waals surface area contributed by atoms with E-state index in [1.165, 1.54) is 30.4 Å². The molecule has 162 valence electrons. The van der Waals surface area contributed by atoms with Crippen LogP contribution in [0.3, 0.4) is 0 Å². The van der Waals surface area contributed by atoms with Gasteiger partial charge in [0.2, 0.25) is 21.8 Å². The van der Waals surface area contributed by atoms with Crippen molar-refractivity contribution in [3.8, 4) is 0 Å². The average molecular weight is 450 g/mol. The highest BCUT2D eigenvalue weighted by atomic mass is 32.2. The Kier molecular flexibility index (Phi) is 7.63. The van der Waals surface area contributed by atoms with Crippen molar-refractivity contribution in [3.63, 3.8) is 0 Å². The molecule has 9 heteroatoms. The van der Waals surface area contributed by atoms with Crippen LogP contribution < -0.4 is 10.6 Å². The highest BCUT2D eigenvalue weighted by molar-refractivity contribution is 7.89. The second kappa shape index (κ2) is 10.2. The van der Waals surface area contributed by atoms with Gasteiger partial charge in [-0.1, -0.05) is 18.9 Å². The summed E-state index contributed by atoms with van der Waals surface area (Å²) in [7, 11) is -3.52. The first-order chi connectivity index (χ1) is 14.4. The Labute approximate surface area is 181 Å². The number of thiophene rings is 1. The van der Waals surface area contributed by atoms with E-state index in [9.17, 15) is 18.0 Å². The van der Waals surface area contributed by atoms with Gasteiger partial charge in [0.15, 0.2) is 0 Å². The number of nitrogens with zero attached hydrogens (tertiary/aromatic N) is 1. The van der Waals surface area contributed by atoms with Gasteiger partial charge in [-0.05, 0) is 48.6 Å². The summed E-state index contributed by atoms with van der Waals surface area (Å²) in [6.07, 6.45) is 3.97. The molecule has 2 heterocycles. The Morgan fingerprint density at radius 2 is 1.73 bits per heavy atom. The van der Waals surface area contributed by atoms with Gasteiger partial charge in [-0.2, -0.15) is 4.31 Å². The first-order valence-corrected chi connectivity index (χ1v) is 12.4. The molecule has 1 aromatic carbocycles. The minimum absolute atomic E-state index is 0.0912. The molecule has 0 radical (unpaired) electrons. The number of nitrogens with one attached hydrogen (secondary N) is 2. The number of hydrogen-bond donors (Lipinski definition) is 2. The van der Waals surface area contributed by atoms with Crippen LogP contribution in [0.2, 0.25) is 0 Å². The lowest BCUT2D eigenvalue weighted by Crippen LogP contribution is -2.31. The summed E-state index contributed by atoms with van der Waals surface area (Å²) in [6, 6.07) is 9.60. The summed E-state index contributed by atoms with van der Waals surface area (Å²) < 4.78 is 27.3. The van der Waals surface area contributed by atoms with Crippen LogP contribution in [0.15, 0.2) is 46.7 Å². The molecule has 1 aliphatic heterocycles. The summed E-state index contributed by atoms with van der Waals surface area (Å²) in [5, 5.41) is 7.47. The molecule has 3 rings (SSSR count). The monoisotopic (exact) mass is 449 g/mol. The third-order valence-electron chi connectivity index (χ3n) is 4.99. The van der Waals surface area contributed by atoms with Gasteiger partial charge in [0.05, 0.1) is 17.4 Å². The van der Waals surface area contributed by atoms with E-state index >= 15 is 0 Å². The Hall–Kier alpha value is -2.23. The molecule has 1 fully saturated rings. The zero-order chi connectivity index (χ0) is 21.6. The molecule has 2 N–H and O–H groups in total. The van der Waals surface area contributed by atoms with Crippen molar-refractivity contribution in [2.24, 2.45) is 0 Å². The largest absolute Gasteiger partial charge is 0.348 e. The zero-order valence-corrected chi connectivity index (χ0v) is 18.6. The van der Waals surface area contributed by atoms with Crippen molar-refractivity contribution >= 4 is 38.9 Å². The molecule has 2 aromatic rings. The molecule has 0 spiro atoms. The maximum atomic E-state index is 12.9. The molecule has 1 atom stereocenters. The predicted octanol–water partition coefficient (Wildman–Crippen LogP) is 3.52. The summed E-state index contributed by atoms with van der Waals surface area (Å²) in [4.78, 5) is 25.1. The first kappa shape index (κ1) is 22.5. The van der Waals surface area contributed by atoms with E-state index < -0.39 is 16.1 Å². The summed E-state index contributed by atoms with van der Waals surface area (Å²) in [5.74, 6) is -0.463. The Balaban J connectivity index is 1.64. The molecule has 30 heavy (non-hydrogen) atoms. The number of amides is 2. The standard InChI is InChI=1S/C21H27N3O4S2/c1-16(25)22-19(20-7-6-14-29-20)15-21(26)23-17-8-10-18(11-9-17)30(27,28)24-12-4-2-3-5-13-24/h6-11,14,19H,2-5,12-13,15H2,1H3,(H,22,25)(H,23,26)/t19-/m0/s1. The number of anilines is 1. The molecular weight excluding hydrogens is 422 g/mol. The lowest BCUT2D eigenvalue weighted by molar-refractivity contribution is -0.120. The normalized spacial score (nSPS) is 16.4. The van der Waals surface area contributed by atoms with Crippen LogP contribution in [-0.4, -0.2) is 37.6 Å². The second-order valence-corrected chi connectivity index (χ2v) is 10.3. The van der Waals surface area contributed by atoms with Crippen LogP contribution in [-0.2, 0) is 19.6 Å². The third-order valence-corrected chi connectivity index (χ3v) is 7.89. The van der Waals surface area contributed by atoms with E-state index in [1.54, 1.807) is 16.4 Å². The SMILES string of the molecule is CC(=O)N[C@@H](CC(=O)Nc1ccc(S(=O)(=O)N2CCCCCC2)cc1)c1cccs1. The topological polar surface area (TPSA) is 95.6 Å². The molecule has 1 aromatic heterocycles. The minimum Gasteiger partial charge on any atom is -0.348 e. The molecule has 0 unspecified atom stereocenters. The van der Waals surface area contributed by atoms with Gasteiger partial charge in [0.25, 0.3) is 0 Å². The van der Waals surface area contributed by atoms with E-state index in [4.69, 9.17) is 0 Å². The van der Waals surface area contributed by atoms with Crippen LogP contribution in [0.5, 0.6) is 0 Å². The highest BCUT2D eigenvalue weighted by Gasteiger charge is 2.25. The van der Waals surface area contributed by atoms with Gasteiger partial charge in [-0.25, -0.2) is 8.42 Å². The Bertz CT molecular complexity index is 949. The van der Waals surface area contributed by atoms with Crippen molar-refractivity contribution < 1.29 is 18.0 Å². The quantitative estimate of drug-likeness (QED) is 0.676. The van der Waals surface area contributed by atoms with Crippen molar-refractivity contribution in [2.75, 3.05) is 18.4 Å². The minimum atomic E-state index is -3.52. The van der Waals surface area contributed by atoms with E-state index in [1.807, 2.05) is 17.5 Å². The van der Waals surface area contributed by atoms with E-state index in [2.05, 4.69) is 10.6 Å². The molecule has 0 aliphatic carbocycles. The van der Waals surface area contributed by atoms with Gasteiger partial charge in [-0.3, -0.25) is 9.59 Å². The first-order valence-electron chi connectivity index (χ1n) is 10.1. The number of carbonyl (C=O) groups is 2. The van der Waals surface area contributed by atoms with E-state index in [-0.39, 0.29) is 23.1 Å². The van der Waals surface area contributed by atoms with Crippen LogP contribution in [0.25, 0.3) is 0 Å². The van der Waals surface area contributed by atoms with Gasteiger partial charge in [0, 0.05) is 30.6 Å². The fourth-order valence-electron chi connectivity index (χ4n) is 3.50. The van der Waals surface area contributed by atoms with Crippen molar-refractivity contribution in [1.29, 1.82) is 0 Å². The molecule has 0 saturated carbocycles. The van der Waals surface area contributed by atoms with Crippen LogP contribution in [0, 0.1) is 0 Å². The van der Waals surface area contributed by atoms with Crippen LogP contribution in [0.1, 0.15) is 49.9 Å². The van der Waals surface area contributed by atoms with Gasteiger partial charge >= 0.3 is 0 Å². The lowest BCUT2D eigenvalue weighted by atomic mass is 10.1. The molecule has 2 amide bonds. The van der Waals surface area contributed by atoms with E-state index in [0.29, 0.717) is 18.8 Å². The fourth-order valence-corrected chi connectivity index (χ4v) is 5.79. The highest BCUT2D eigenvalue weighted by Crippen LogP contribution is 2.24. The smallest absolute Gasteiger partial charge is 0.243 e. The maximum absolute atomic E-state index is 12.9. The average Bonchev–Trinajstić information content (AvgIpc) is 3.09. The Morgan fingerprint density at radius 1 is 1.07 bits per heavy atom. The summed E-state index contributed by atoms with van der Waals surface area (Å²) in [6.45, 7) is 2.52. The lowest BCUT2D eigenvalue weighted by Gasteiger charge is -2.20. The maximum Gasteiger partial charge on any atom is 0.243 e. The van der Waals surface area contributed by atoms with Crippen molar-refractivity contribution in [3.05, 3.63) is 46.7 Å². The Morgan fingerprint density at radius 3 is 2.30 bits per heavy atom. The van der Waals surface area contributed by atoms with Crippen molar-refractivity contribution in [2.45, 2.75) is 50.0 Å². The van der Waals surface area contributed by atoms with Gasteiger partial charge in [-0.15, -0.1) is 11.3 Å². The van der Waals surface area contributed by atoms with Crippen LogP contribution >= 0.6 is 11.3 Å². The number of benzene rings is 1. The zero-order valence-electron chi connectivity index (χ0n) is 17.0. The molecule has 1 aliphatic rings. The fraction of sp³-hybridized carbons (Fsp3) is 0.429. The number of carbonyl (C=O) groups excluding carboxylic acids is 2. The van der Waals surface area contributed by atoms with Gasteiger partial charge in [0.1, 0.15) is 0 Å². The predicted molar refractivity (Wildman–Crippen MR) is 118 cm³/mol. The summed E-state index contributed by atoms with van der Waals surface area (Å²) in [5.41, 5.74) is 0.516. The molecule has 1 saturated heterocycles.